The van der Waals surface area contributed by atoms with Gasteiger partial charge in [0.2, 0.25) is 11.8 Å². The number of benzene rings is 3. The third kappa shape index (κ3) is 7.97. The summed E-state index contributed by atoms with van der Waals surface area (Å²) in [6.45, 7) is 5.20. The Kier molecular flexibility index (Phi) is 10.7. The lowest BCUT2D eigenvalue weighted by molar-refractivity contribution is -0.139. The molecule has 0 saturated heterocycles. The number of hydrogen-bond donors (Lipinski definition) is 1. The van der Waals surface area contributed by atoms with Gasteiger partial charge in [0.1, 0.15) is 29.9 Å². The van der Waals surface area contributed by atoms with Crippen LogP contribution in [0.3, 0.4) is 0 Å². The van der Waals surface area contributed by atoms with Crippen LogP contribution in [0.25, 0.3) is 0 Å². The van der Waals surface area contributed by atoms with Crippen LogP contribution in [0.15, 0.2) is 77.7 Å². The number of ether oxygens (including phenoxy) is 2. The van der Waals surface area contributed by atoms with Gasteiger partial charge < -0.3 is 19.7 Å². The van der Waals surface area contributed by atoms with Crippen molar-refractivity contribution in [1.29, 1.82) is 0 Å². The third-order valence-electron chi connectivity index (χ3n) is 6.40. The Morgan fingerprint density at radius 2 is 1.54 bits per heavy atom. The Bertz CT molecular complexity index is 1430. The molecule has 220 valence electrons. The number of rotatable bonds is 13. The number of methoxy groups -OCH3 is 2. The Hall–Kier alpha value is -4.12. The molecule has 0 bridgehead atoms. The average molecular weight is 586 g/mol. The van der Waals surface area contributed by atoms with E-state index in [2.05, 4.69) is 5.32 Å². The van der Waals surface area contributed by atoms with Gasteiger partial charge >= 0.3 is 0 Å². The minimum Gasteiger partial charge on any atom is -0.497 e. The number of carbonyl (C=O) groups excluding carboxylic acids is 2. The standard InChI is InChI=1S/C30H36FN3O6S/c1-21(2)18-32-30(36)22(3)33(19-23-10-12-24(31)13-11-23)29(35)20-34(27-8-6-7-9-28(27)40-5)41(37,38)26-16-14-25(39-4)15-17-26/h6-17,21-22H,18-20H2,1-5H3,(H,32,36)/t22-/m0/s1. The largest absolute Gasteiger partial charge is 0.497 e. The molecule has 1 N–H and O–H groups in total. The summed E-state index contributed by atoms with van der Waals surface area (Å²) < 4.78 is 53.1. The van der Waals surface area contributed by atoms with E-state index in [-0.39, 0.29) is 28.8 Å². The van der Waals surface area contributed by atoms with Gasteiger partial charge in [-0.3, -0.25) is 13.9 Å². The van der Waals surface area contributed by atoms with Crippen LogP contribution in [0.2, 0.25) is 0 Å². The molecular formula is C30H36FN3O6S. The number of nitrogens with one attached hydrogen (secondary N) is 1. The predicted octanol–water partition coefficient (Wildman–Crippen LogP) is 4.23. The normalized spacial score (nSPS) is 12.0. The highest BCUT2D eigenvalue weighted by Crippen LogP contribution is 2.33. The maximum absolute atomic E-state index is 14.0. The van der Waals surface area contributed by atoms with Crippen molar-refractivity contribution < 1.29 is 31.9 Å². The van der Waals surface area contributed by atoms with Crippen LogP contribution >= 0.6 is 0 Å². The fraction of sp³-hybridized carbons (Fsp3) is 0.333. The van der Waals surface area contributed by atoms with Crippen LogP contribution < -0.4 is 19.1 Å². The summed E-state index contributed by atoms with van der Waals surface area (Å²) in [5, 5.41) is 2.83. The summed E-state index contributed by atoms with van der Waals surface area (Å²) >= 11 is 0. The minimum atomic E-state index is -4.29. The van der Waals surface area contributed by atoms with E-state index in [9.17, 15) is 22.4 Å². The van der Waals surface area contributed by atoms with Gasteiger partial charge in [-0.1, -0.05) is 38.1 Å². The second kappa shape index (κ2) is 14.0. The smallest absolute Gasteiger partial charge is 0.264 e. The molecule has 0 spiro atoms. The first kappa shape index (κ1) is 31.4. The van der Waals surface area contributed by atoms with Gasteiger partial charge in [-0.05, 0) is 66.9 Å². The quantitative estimate of drug-likeness (QED) is 0.322. The van der Waals surface area contributed by atoms with Crippen molar-refractivity contribution >= 4 is 27.5 Å². The van der Waals surface area contributed by atoms with E-state index in [4.69, 9.17) is 9.47 Å². The molecule has 3 rings (SSSR count). The van der Waals surface area contributed by atoms with Crippen molar-refractivity contribution in [3.8, 4) is 11.5 Å². The van der Waals surface area contributed by atoms with E-state index < -0.39 is 40.2 Å². The highest BCUT2D eigenvalue weighted by Gasteiger charge is 2.33. The van der Waals surface area contributed by atoms with Crippen LogP contribution in [0.1, 0.15) is 26.3 Å². The molecular weight excluding hydrogens is 549 g/mol. The molecule has 0 unspecified atom stereocenters. The molecule has 0 aliphatic heterocycles. The van der Waals surface area contributed by atoms with Gasteiger partial charge in [-0.2, -0.15) is 0 Å². The summed E-state index contributed by atoms with van der Waals surface area (Å²) in [4.78, 5) is 28.2. The molecule has 1 atom stereocenters. The van der Waals surface area contributed by atoms with Crippen molar-refractivity contribution in [2.75, 3.05) is 31.6 Å². The first-order valence-electron chi connectivity index (χ1n) is 13.1. The van der Waals surface area contributed by atoms with Crippen molar-refractivity contribution in [2.24, 2.45) is 5.92 Å². The summed E-state index contributed by atoms with van der Waals surface area (Å²) in [5.74, 6) is -0.577. The molecule has 0 aliphatic carbocycles. The van der Waals surface area contributed by atoms with Gasteiger partial charge in [0.05, 0.1) is 24.8 Å². The highest BCUT2D eigenvalue weighted by molar-refractivity contribution is 7.92. The molecule has 41 heavy (non-hydrogen) atoms. The van der Waals surface area contributed by atoms with Crippen LogP contribution in [-0.2, 0) is 26.2 Å². The van der Waals surface area contributed by atoms with E-state index in [0.717, 1.165) is 4.31 Å². The topological polar surface area (TPSA) is 105 Å². The first-order chi connectivity index (χ1) is 19.5. The fourth-order valence-electron chi connectivity index (χ4n) is 4.05. The molecule has 11 heteroatoms. The van der Waals surface area contributed by atoms with Crippen molar-refractivity contribution in [1.82, 2.24) is 10.2 Å². The monoisotopic (exact) mass is 585 g/mol. The lowest BCUT2D eigenvalue weighted by Crippen LogP contribution is -2.51. The molecule has 0 aliphatic rings. The molecule has 3 aromatic carbocycles. The van der Waals surface area contributed by atoms with E-state index in [1.807, 2.05) is 13.8 Å². The lowest BCUT2D eigenvalue weighted by atomic mass is 10.1. The van der Waals surface area contributed by atoms with Crippen molar-refractivity contribution in [3.05, 3.63) is 84.2 Å². The predicted molar refractivity (Wildman–Crippen MR) is 155 cm³/mol. The molecule has 9 nitrogen and oxygen atoms in total. The molecule has 3 aromatic rings. The summed E-state index contributed by atoms with van der Waals surface area (Å²) in [7, 11) is -1.41. The maximum Gasteiger partial charge on any atom is 0.264 e. The van der Waals surface area contributed by atoms with E-state index in [1.54, 1.807) is 25.1 Å². The first-order valence-corrected chi connectivity index (χ1v) is 14.5. The van der Waals surface area contributed by atoms with Gasteiger partial charge in [0, 0.05) is 13.1 Å². The van der Waals surface area contributed by atoms with E-state index in [0.29, 0.717) is 17.9 Å². The zero-order valence-electron chi connectivity index (χ0n) is 23.8. The van der Waals surface area contributed by atoms with Gasteiger partial charge in [-0.25, -0.2) is 12.8 Å². The number of carbonyl (C=O) groups is 2. The second-order valence-electron chi connectivity index (χ2n) is 9.82. The third-order valence-corrected chi connectivity index (χ3v) is 8.17. The molecule has 0 saturated carbocycles. The Morgan fingerprint density at radius 3 is 2.12 bits per heavy atom. The lowest BCUT2D eigenvalue weighted by Gasteiger charge is -2.32. The number of halogens is 1. The van der Waals surface area contributed by atoms with E-state index in [1.165, 1.54) is 73.7 Å². The second-order valence-corrected chi connectivity index (χ2v) is 11.7. The maximum atomic E-state index is 14.0. The number of para-hydroxylation sites is 2. The van der Waals surface area contributed by atoms with Crippen LogP contribution in [0.4, 0.5) is 10.1 Å². The SMILES string of the molecule is COc1ccc(S(=O)(=O)N(CC(=O)N(Cc2ccc(F)cc2)[C@@H](C)C(=O)NCC(C)C)c2ccccc2OC)cc1. The summed E-state index contributed by atoms with van der Waals surface area (Å²) in [6, 6.07) is 16.8. The summed E-state index contributed by atoms with van der Waals surface area (Å²) in [5.41, 5.74) is 0.725. The molecule has 2 amide bonds. The van der Waals surface area contributed by atoms with Crippen LogP contribution in [0.5, 0.6) is 11.5 Å². The molecule has 0 fully saturated rings. The summed E-state index contributed by atoms with van der Waals surface area (Å²) in [6.07, 6.45) is 0. The Morgan fingerprint density at radius 1 is 0.902 bits per heavy atom. The van der Waals surface area contributed by atoms with Crippen LogP contribution in [0, 0.1) is 11.7 Å². The Labute approximate surface area is 240 Å². The number of sulfonamides is 1. The molecule has 0 heterocycles. The zero-order valence-corrected chi connectivity index (χ0v) is 24.7. The van der Waals surface area contributed by atoms with Crippen molar-refractivity contribution in [3.63, 3.8) is 0 Å². The highest BCUT2D eigenvalue weighted by atomic mass is 32.2. The fourth-order valence-corrected chi connectivity index (χ4v) is 5.47. The van der Waals surface area contributed by atoms with Crippen LogP contribution in [-0.4, -0.2) is 58.5 Å². The average Bonchev–Trinajstić information content (AvgIpc) is 2.97. The number of nitrogens with zero attached hydrogens (tertiary/aromatic N) is 2. The molecule has 0 radical (unpaired) electrons. The number of amides is 2. The van der Waals surface area contributed by atoms with E-state index >= 15 is 0 Å². The van der Waals surface area contributed by atoms with Gasteiger partial charge in [-0.15, -0.1) is 0 Å². The molecule has 0 aromatic heterocycles. The minimum absolute atomic E-state index is 0.0439. The Balaban J connectivity index is 2.05. The number of anilines is 1. The number of hydrogen-bond acceptors (Lipinski definition) is 6. The van der Waals surface area contributed by atoms with Gasteiger partial charge in [0.25, 0.3) is 10.0 Å². The van der Waals surface area contributed by atoms with Crippen molar-refractivity contribution in [2.45, 2.75) is 38.3 Å². The zero-order chi connectivity index (χ0) is 30.2. The van der Waals surface area contributed by atoms with Gasteiger partial charge in [0.15, 0.2) is 0 Å².